The van der Waals surface area contributed by atoms with Crippen molar-refractivity contribution >= 4 is 63.7 Å². The van der Waals surface area contributed by atoms with Crippen LogP contribution in [-0.4, -0.2) is 28.6 Å². The van der Waals surface area contributed by atoms with Crippen molar-refractivity contribution in [3.05, 3.63) is 56.5 Å². The Labute approximate surface area is 165 Å². The van der Waals surface area contributed by atoms with Crippen LogP contribution >= 0.6 is 31.9 Å². The molecule has 136 valence electrons. The number of carbonyl (C=O) groups excluding carboxylic acids is 2. The third-order valence-electron chi connectivity index (χ3n) is 3.41. The molecule has 0 saturated carbocycles. The molecule has 0 aliphatic carbocycles. The zero-order valence-corrected chi connectivity index (χ0v) is 17.3. The topological polar surface area (TPSA) is 126 Å². The monoisotopic (exact) mass is 522 g/mol. The Morgan fingerprint density at radius 1 is 0.654 bits per heavy atom. The third-order valence-corrected chi connectivity index (χ3v) is 7.14. The van der Waals surface area contributed by atoms with Gasteiger partial charge in [0.2, 0.25) is 0 Å². The maximum atomic E-state index is 11.3. The molecule has 2 aromatic rings. The molecule has 26 heavy (non-hydrogen) atoms. The fraction of sp³-hybridized carbons (Fsp3) is 0. The summed E-state index contributed by atoms with van der Waals surface area (Å²) >= 11 is 6.27. The van der Waals surface area contributed by atoms with Crippen molar-refractivity contribution < 1.29 is 26.4 Å². The standard InChI is InChI=1S/2C7H4BrNO3S/c2*8-4-1-2-5-6(3-4)13(11,12)9-7(5)10/h2*1-3H,(H,9,10). The van der Waals surface area contributed by atoms with Crippen LogP contribution in [0.5, 0.6) is 0 Å². The molecule has 0 radical (unpaired) electrons. The Morgan fingerprint density at radius 3 is 1.35 bits per heavy atom. The van der Waals surface area contributed by atoms with Crippen molar-refractivity contribution in [1.82, 2.24) is 9.44 Å². The number of sulfonamides is 2. The maximum absolute atomic E-state index is 11.3. The number of fused-ring (bicyclic) bond motifs is 2. The SMILES string of the molecule is O=C1NS(=O)(=O)c2cc(Br)ccc21.O=C1NS(=O)(=O)c2cc(Br)ccc21. The first-order valence-electron chi connectivity index (χ1n) is 6.75. The van der Waals surface area contributed by atoms with Crippen LogP contribution in [0.4, 0.5) is 0 Å². The van der Waals surface area contributed by atoms with Crippen LogP contribution in [0.15, 0.2) is 55.1 Å². The van der Waals surface area contributed by atoms with Gasteiger partial charge in [-0.2, -0.15) is 0 Å². The Morgan fingerprint density at radius 2 is 1.00 bits per heavy atom. The van der Waals surface area contributed by atoms with E-state index in [-0.39, 0.29) is 20.9 Å². The average Bonchev–Trinajstić information content (AvgIpc) is 2.89. The van der Waals surface area contributed by atoms with E-state index in [0.29, 0.717) is 8.95 Å². The van der Waals surface area contributed by atoms with E-state index >= 15 is 0 Å². The van der Waals surface area contributed by atoms with Crippen molar-refractivity contribution in [2.24, 2.45) is 0 Å². The summed E-state index contributed by atoms with van der Waals surface area (Å²) in [5.74, 6) is -1.13. The fourth-order valence-corrected chi connectivity index (χ4v) is 5.69. The van der Waals surface area contributed by atoms with Crippen LogP contribution in [0.3, 0.4) is 0 Å². The fourth-order valence-electron chi connectivity index (χ4n) is 2.28. The van der Waals surface area contributed by atoms with E-state index in [1.165, 1.54) is 24.3 Å². The van der Waals surface area contributed by atoms with Crippen LogP contribution in [0.1, 0.15) is 20.7 Å². The van der Waals surface area contributed by atoms with Gasteiger partial charge < -0.3 is 0 Å². The minimum absolute atomic E-state index is 0.0341. The summed E-state index contributed by atoms with van der Waals surface area (Å²) in [6.07, 6.45) is 0. The Kier molecular flexibility index (Phi) is 4.71. The lowest BCUT2D eigenvalue weighted by molar-refractivity contribution is 0.0976. The second-order valence-corrected chi connectivity index (χ2v) is 10.3. The van der Waals surface area contributed by atoms with Gasteiger partial charge in [-0.3, -0.25) is 9.59 Å². The first kappa shape index (κ1) is 19.0. The lowest BCUT2D eigenvalue weighted by Crippen LogP contribution is -2.20. The van der Waals surface area contributed by atoms with Gasteiger partial charge in [0.1, 0.15) is 9.79 Å². The van der Waals surface area contributed by atoms with Crippen LogP contribution in [-0.2, 0) is 20.0 Å². The molecule has 0 aromatic heterocycles. The predicted molar refractivity (Wildman–Crippen MR) is 97.6 cm³/mol. The van der Waals surface area contributed by atoms with E-state index in [1.807, 2.05) is 9.44 Å². The van der Waals surface area contributed by atoms with E-state index in [1.54, 1.807) is 12.1 Å². The van der Waals surface area contributed by atoms with E-state index in [2.05, 4.69) is 31.9 Å². The molecule has 2 heterocycles. The highest BCUT2D eigenvalue weighted by Crippen LogP contribution is 2.26. The van der Waals surface area contributed by atoms with Crippen LogP contribution in [0, 0.1) is 0 Å². The van der Waals surface area contributed by atoms with E-state index in [9.17, 15) is 26.4 Å². The van der Waals surface area contributed by atoms with Gasteiger partial charge in [-0.25, -0.2) is 26.3 Å². The summed E-state index contributed by atoms with van der Waals surface area (Å²) in [6.45, 7) is 0. The molecule has 0 saturated heterocycles. The van der Waals surface area contributed by atoms with Crippen molar-refractivity contribution in [1.29, 1.82) is 0 Å². The predicted octanol–water partition coefficient (Wildman–Crippen LogP) is 1.76. The number of hydrogen-bond donors (Lipinski definition) is 2. The highest BCUT2D eigenvalue weighted by atomic mass is 79.9. The van der Waals surface area contributed by atoms with Crippen molar-refractivity contribution in [2.45, 2.75) is 9.79 Å². The Hall–Kier alpha value is -1.76. The molecule has 0 unspecified atom stereocenters. The smallest absolute Gasteiger partial charge is 0.266 e. The molecule has 2 N–H and O–H groups in total. The quantitative estimate of drug-likeness (QED) is 0.541. The highest BCUT2D eigenvalue weighted by Gasteiger charge is 2.33. The lowest BCUT2D eigenvalue weighted by atomic mass is 10.2. The first-order valence-corrected chi connectivity index (χ1v) is 11.3. The number of halogens is 2. The summed E-state index contributed by atoms with van der Waals surface area (Å²) < 4.78 is 50.1. The van der Waals surface area contributed by atoms with E-state index in [4.69, 9.17) is 0 Å². The second-order valence-electron chi connectivity index (χ2n) is 5.15. The van der Waals surface area contributed by atoms with Crippen LogP contribution in [0.25, 0.3) is 0 Å². The summed E-state index contributed by atoms with van der Waals surface area (Å²) in [6, 6.07) is 9.00. The zero-order chi connectivity index (χ0) is 19.3. The molecule has 0 bridgehead atoms. The molecular formula is C14H8Br2N2O6S2. The van der Waals surface area contributed by atoms with Gasteiger partial charge in [0.15, 0.2) is 0 Å². The first-order chi connectivity index (χ1) is 12.0. The Balaban J connectivity index is 0.000000151. The molecule has 2 aromatic carbocycles. The molecule has 12 heteroatoms. The number of benzene rings is 2. The molecule has 2 aliphatic rings. The largest absolute Gasteiger partial charge is 0.268 e. The molecular weight excluding hydrogens is 516 g/mol. The van der Waals surface area contributed by atoms with Gasteiger partial charge in [-0.15, -0.1) is 0 Å². The normalized spacial score (nSPS) is 18.1. The molecule has 0 spiro atoms. The molecule has 2 amide bonds. The lowest BCUT2D eigenvalue weighted by Gasteiger charge is -1.94. The third kappa shape index (κ3) is 3.41. The summed E-state index contributed by atoms with van der Waals surface area (Å²) in [7, 11) is -7.21. The minimum atomic E-state index is -3.61. The van der Waals surface area contributed by atoms with Crippen molar-refractivity contribution in [3.8, 4) is 0 Å². The Bertz CT molecular complexity index is 1080. The molecule has 4 rings (SSSR count). The van der Waals surface area contributed by atoms with Gasteiger partial charge in [-0.1, -0.05) is 31.9 Å². The molecule has 2 aliphatic heterocycles. The number of carbonyl (C=O) groups is 2. The summed E-state index contributed by atoms with van der Waals surface area (Å²) in [4.78, 5) is 22.2. The summed E-state index contributed by atoms with van der Waals surface area (Å²) in [5.41, 5.74) is 0.395. The van der Waals surface area contributed by atoms with Gasteiger partial charge in [0.05, 0.1) is 11.1 Å². The highest BCUT2D eigenvalue weighted by molar-refractivity contribution is 9.10. The molecule has 0 fully saturated rings. The molecule has 0 atom stereocenters. The van der Waals surface area contributed by atoms with Crippen LogP contribution in [0.2, 0.25) is 0 Å². The van der Waals surface area contributed by atoms with E-state index < -0.39 is 31.9 Å². The number of nitrogens with one attached hydrogen (secondary N) is 2. The van der Waals surface area contributed by atoms with Gasteiger partial charge in [0, 0.05) is 8.95 Å². The van der Waals surface area contributed by atoms with Crippen molar-refractivity contribution in [2.75, 3.05) is 0 Å². The van der Waals surface area contributed by atoms with E-state index in [0.717, 1.165) is 0 Å². The second kappa shape index (κ2) is 6.44. The van der Waals surface area contributed by atoms with Gasteiger partial charge in [0.25, 0.3) is 31.9 Å². The number of amides is 2. The summed E-state index contributed by atoms with van der Waals surface area (Å²) in [5, 5.41) is 0. The van der Waals surface area contributed by atoms with Crippen molar-refractivity contribution in [3.63, 3.8) is 0 Å². The van der Waals surface area contributed by atoms with Gasteiger partial charge >= 0.3 is 0 Å². The average molecular weight is 524 g/mol. The minimum Gasteiger partial charge on any atom is -0.268 e. The molecule has 8 nitrogen and oxygen atoms in total. The number of rotatable bonds is 0. The van der Waals surface area contributed by atoms with Crippen LogP contribution < -0.4 is 9.44 Å². The number of hydrogen-bond acceptors (Lipinski definition) is 6. The zero-order valence-electron chi connectivity index (χ0n) is 12.5. The maximum Gasteiger partial charge on any atom is 0.266 e. The van der Waals surface area contributed by atoms with Gasteiger partial charge in [-0.05, 0) is 36.4 Å².